The first-order chi connectivity index (χ1) is 8.69. The molecule has 0 unspecified atom stereocenters. The molecule has 0 amide bonds. The molecule has 0 aromatic carbocycles. The van der Waals surface area contributed by atoms with Crippen molar-refractivity contribution in [2.45, 2.75) is 6.54 Å². The van der Waals surface area contributed by atoms with Crippen molar-refractivity contribution < 1.29 is 5.21 Å². The Morgan fingerprint density at radius 2 is 2.17 bits per heavy atom. The lowest BCUT2D eigenvalue weighted by Crippen LogP contribution is -2.43. The number of hydrogen-bond donors (Lipinski definition) is 2. The van der Waals surface area contributed by atoms with Gasteiger partial charge in [-0.15, -0.1) is 0 Å². The number of likely N-dealkylation sites (N-methyl/N-ethyl adjacent to an activating group) is 1. The maximum Gasteiger partial charge on any atom is 0.188 e. The number of hydrogen-bond acceptors (Lipinski definition) is 5. The molecule has 98 valence electrons. The van der Waals surface area contributed by atoms with Gasteiger partial charge in [-0.1, -0.05) is 5.16 Å². The van der Waals surface area contributed by atoms with E-state index in [1.54, 1.807) is 6.20 Å². The van der Waals surface area contributed by atoms with Crippen LogP contribution >= 0.6 is 0 Å². The molecule has 3 N–H and O–H groups in total. The molecule has 0 spiro atoms. The average molecular weight is 249 g/mol. The van der Waals surface area contributed by atoms with Crippen LogP contribution in [0.5, 0.6) is 0 Å². The first-order valence-corrected chi connectivity index (χ1v) is 6.03. The van der Waals surface area contributed by atoms with Crippen molar-refractivity contribution in [1.29, 1.82) is 0 Å². The number of amidine groups is 1. The number of aromatic nitrogens is 1. The van der Waals surface area contributed by atoms with Crippen LogP contribution in [0.1, 0.15) is 11.3 Å². The van der Waals surface area contributed by atoms with Gasteiger partial charge in [0.15, 0.2) is 5.84 Å². The molecule has 1 fully saturated rings. The van der Waals surface area contributed by atoms with Crippen molar-refractivity contribution in [3.8, 4) is 0 Å². The zero-order valence-corrected chi connectivity index (χ0v) is 10.6. The molecule has 0 radical (unpaired) electrons. The number of nitrogens with two attached hydrogens (primary N) is 1. The van der Waals surface area contributed by atoms with E-state index in [2.05, 4.69) is 27.0 Å². The van der Waals surface area contributed by atoms with Gasteiger partial charge in [-0.05, 0) is 24.7 Å². The lowest BCUT2D eigenvalue weighted by Gasteiger charge is -2.32. The predicted octanol–water partition coefficient (Wildman–Crippen LogP) is -0.0765. The summed E-state index contributed by atoms with van der Waals surface area (Å²) in [5, 5.41) is 11.6. The Kier molecular flexibility index (Phi) is 4.11. The van der Waals surface area contributed by atoms with E-state index in [1.807, 2.05) is 12.1 Å². The van der Waals surface area contributed by atoms with Gasteiger partial charge in [0.25, 0.3) is 0 Å². The van der Waals surface area contributed by atoms with Gasteiger partial charge in [-0.25, -0.2) is 0 Å². The third-order valence-corrected chi connectivity index (χ3v) is 3.20. The van der Waals surface area contributed by atoms with Gasteiger partial charge in [0.2, 0.25) is 0 Å². The molecule has 0 atom stereocenters. The van der Waals surface area contributed by atoms with Crippen molar-refractivity contribution in [2.75, 3.05) is 33.2 Å². The summed E-state index contributed by atoms with van der Waals surface area (Å²) in [5.41, 5.74) is 7.18. The molecule has 1 aromatic heterocycles. The summed E-state index contributed by atoms with van der Waals surface area (Å²) in [5.74, 6) is 0.0511. The molecule has 18 heavy (non-hydrogen) atoms. The molecule has 0 saturated carbocycles. The van der Waals surface area contributed by atoms with Crippen LogP contribution < -0.4 is 5.73 Å². The third kappa shape index (κ3) is 3.18. The van der Waals surface area contributed by atoms with E-state index in [1.165, 1.54) is 0 Å². The van der Waals surface area contributed by atoms with Crippen LogP contribution in [0, 0.1) is 0 Å². The van der Waals surface area contributed by atoms with E-state index >= 15 is 0 Å². The molecule has 6 heteroatoms. The Morgan fingerprint density at radius 1 is 1.44 bits per heavy atom. The molecule has 1 saturated heterocycles. The largest absolute Gasteiger partial charge is 0.409 e. The van der Waals surface area contributed by atoms with Gasteiger partial charge in [0.1, 0.15) is 5.69 Å². The third-order valence-electron chi connectivity index (χ3n) is 3.20. The second kappa shape index (κ2) is 5.79. The van der Waals surface area contributed by atoms with Crippen LogP contribution in [0.15, 0.2) is 23.5 Å². The monoisotopic (exact) mass is 249 g/mol. The minimum atomic E-state index is 0.0511. The summed E-state index contributed by atoms with van der Waals surface area (Å²) in [7, 11) is 2.14. The van der Waals surface area contributed by atoms with Gasteiger partial charge in [-0.2, -0.15) is 0 Å². The molecule has 1 aliphatic rings. The minimum Gasteiger partial charge on any atom is -0.409 e. The van der Waals surface area contributed by atoms with Crippen LogP contribution in [0.25, 0.3) is 0 Å². The summed E-state index contributed by atoms with van der Waals surface area (Å²) in [6.45, 7) is 5.20. The summed E-state index contributed by atoms with van der Waals surface area (Å²) < 4.78 is 0. The Hall–Kier alpha value is -1.66. The van der Waals surface area contributed by atoms with Crippen LogP contribution in [-0.4, -0.2) is 59.1 Å². The molecule has 1 aromatic rings. The molecular weight excluding hydrogens is 230 g/mol. The van der Waals surface area contributed by atoms with Crippen molar-refractivity contribution in [3.05, 3.63) is 29.6 Å². The second-order valence-corrected chi connectivity index (χ2v) is 4.61. The first-order valence-electron chi connectivity index (χ1n) is 6.03. The molecule has 6 nitrogen and oxygen atoms in total. The summed E-state index contributed by atoms with van der Waals surface area (Å²) in [6.07, 6.45) is 1.69. The van der Waals surface area contributed by atoms with Crippen molar-refractivity contribution >= 4 is 5.84 Å². The summed E-state index contributed by atoms with van der Waals surface area (Å²) >= 11 is 0. The van der Waals surface area contributed by atoms with Gasteiger partial charge in [0, 0.05) is 38.9 Å². The van der Waals surface area contributed by atoms with Crippen molar-refractivity contribution in [1.82, 2.24) is 14.8 Å². The summed E-state index contributed by atoms with van der Waals surface area (Å²) in [4.78, 5) is 8.79. The lowest BCUT2D eigenvalue weighted by atomic mass is 10.2. The predicted molar refractivity (Wildman–Crippen MR) is 69.5 cm³/mol. The first kappa shape index (κ1) is 12.8. The molecule has 2 heterocycles. The zero-order valence-electron chi connectivity index (χ0n) is 10.6. The van der Waals surface area contributed by atoms with Gasteiger partial charge in [0.05, 0.1) is 0 Å². The topological polar surface area (TPSA) is 78.0 Å². The van der Waals surface area contributed by atoms with Crippen LogP contribution in [0.3, 0.4) is 0 Å². The van der Waals surface area contributed by atoms with E-state index in [9.17, 15) is 0 Å². The average Bonchev–Trinajstić information content (AvgIpc) is 2.41. The van der Waals surface area contributed by atoms with E-state index in [4.69, 9.17) is 10.9 Å². The number of pyridine rings is 1. The van der Waals surface area contributed by atoms with Crippen molar-refractivity contribution in [3.63, 3.8) is 0 Å². The van der Waals surface area contributed by atoms with Crippen molar-refractivity contribution in [2.24, 2.45) is 10.9 Å². The Labute approximate surface area is 107 Å². The Bertz CT molecular complexity index is 426. The molecule has 0 aliphatic carbocycles. The lowest BCUT2D eigenvalue weighted by molar-refractivity contribution is 0.148. The maximum absolute atomic E-state index is 8.64. The smallest absolute Gasteiger partial charge is 0.188 e. The van der Waals surface area contributed by atoms with E-state index in [0.29, 0.717) is 5.69 Å². The second-order valence-electron chi connectivity index (χ2n) is 4.61. The quantitative estimate of drug-likeness (QED) is 0.339. The van der Waals surface area contributed by atoms with E-state index < -0.39 is 0 Å². The minimum absolute atomic E-state index is 0.0511. The standard InChI is InChI=1S/C12H19N5O/c1-16-4-6-17(7-5-16)9-10-2-3-14-11(8-10)12(13)15-18/h2-3,8,18H,4-7,9H2,1H3,(H2,13,15). The molecule has 0 bridgehead atoms. The van der Waals surface area contributed by atoms with Crippen LogP contribution in [-0.2, 0) is 6.54 Å². The van der Waals surface area contributed by atoms with Gasteiger partial charge in [-0.3, -0.25) is 9.88 Å². The van der Waals surface area contributed by atoms with Crippen LogP contribution in [0.2, 0.25) is 0 Å². The maximum atomic E-state index is 8.64. The summed E-state index contributed by atoms with van der Waals surface area (Å²) in [6, 6.07) is 3.83. The highest BCUT2D eigenvalue weighted by Gasteiger charge is 2.14. The highest BCUT2D eigenvalue weighted by Crippen LogP contribution is 2.08. The Balaban J connectivity index is 2.01. The normalized spacial score (nSPS) is 19.1. The number of oxime groups is 1. The van der Waals surface area contributed by atoms with Crippen LogP contribution in [0.4, 0.5) is 0 Å². The Morgan fingerprint density at radius 3 is 2.83 bits per heavy atom. The van der Waals surface area contributed by atoms with Gasteiger partial charge >= 0.3 is 0 Å². The molecule has 2 rings (SSSR count). The zero-order chi connectivity index (χ0) is 13.0. The fraction of sp³-hybridized carbons (Fsp3) is 0.500. The van der Waals surface area contributed by atoms with E-state index in [-0.39, 0.29) is 5.84 Å². The molecule has 1 aliphatic heterocycles. The number of nitrogens with zero attached hydrogens (tertiary/aromatic N) is 4. The number of rotatable bonds is 3. The SMILES string of the molecule is CN1CCN(Cc2ccnc(C(N)=NO)c2)CC1. The fourth-order valence-electron chi connectivity index (χ4n) is 2.03. The van der Waals surface area contributed by atoms with E-state index in [0.717, 1.165) is 38.3 Å². The number of piperazine rings is 1. The van der Waals surface area contributed by atoms with Gasteiger partial charge < -0.3 is 15.8 Å². The molecular formula is C12H19N5O. The fourth-order valence-corrected chi connectivity index (χ4v) is 2.03. The highest BCUT2D eigenvalue weighted by atomic mass is 16.4. The highest BCUT2D eigenvalue weighted by molar-refractivity contribution is 5.95.